The predicted molar refractivity (Wildman–Crippen MR) is 116 cm³/mol. The molecule has 1 aliphatic heterocycles. The van der Waals surface area contributed by atoms with Gasteiger partial charge in [0.05, 0.1) is 23.5 Å². The highest BCUT2D eigenvalue weighted by atomic mass is 19.4. The number of carbonyl (C=O) groups is 2. The normalized spacial score (nSPS) is 18.7. The number of hydrogen-bond acceptors (Lipinski definition) is 4. The third-order valence-electron chi connectivity index (χ3n) is 5.51. The van der Waals surface area contributed by atoms with Crippen LogP contribution in [0, 0.1) is 5.82 Å². The molecule has 1 aliphatic rings. The number of likely N-dealkylation sites (tertiary alicyclic amines) is 1. The molecular formula is C23H24F4N4O3. The van der Waals surface area contributed by atoms with Crippen molar-refractivity contribution in [2.24, 2.45) is 0 Å². The number of piperidine rings is 1. The van der Waals surface area contributed by atoms with Gasteiger partial charge in [-0.3, -0.25) is 9.69 Å². The number of halogens is 4. The van der Waals surface area contributed by atoms with Gasteiger partial charge in [0.25, 0.3) is 0 Å². The average Bonchev–Trinajstić information content (AvgIpc) is 3.20. The molecule has 1 fully saturated rings. The first-order chi connectivity index (χ1) is 16.0. The third-order valence-corrected chi connectivity index (χ3v) is 5.51. The fourth-order valence-corrected chi connectivity index (χ4v) is 3.76. The summed E-state index contributed by atoms with van der Waals surface area (Å²) in [5.74, 6) is -2.31. The number of rotatable bonds is 4. The molecule has 182 valence electrons. The van der Waals surface area contributed by atoms with Gasteiger partial charge in [-0.1, -0.05) is 30.3 Å². The third kappa shape index (κ3) is 6.53. The zero-order valence-corrected chi connectivity index (χ0v) is 18.3. The van der Waals surface area contributed by atoms with Gasteiger partial charge in [-0.2, -0.15) is 13.2 Å². The molecule has 2 atom stereocenters. The maximum atomic E-state index is 13.8. The van der Waals surface area contributed by atoms with Gasteiger partial charge in [-0.15, -0.1) is 0 Å². The van der Waals surface area contributed by atoms with Crippen LogP contribution in [0.1, 0.15) is 30.3 Å². The van der Waals surface area contributed by atoms with E-state index in [4.69, 9.17) is 14.9 Å². The van der Waals surface area contributed by atoms with Crippen molar-refractivity contribution in [2.45, 2.75) is 37.5 Å². The second kappa shape index (κ2) is 10.6. The van der Waals surface area contributed by atoms with Crippen molar-refractivity contribution < 1.29 is 32.3 Å². The quantitative estimate of drug-likeness (QED) is 0.493. The van der Waals surface area contributed by atoms with Crippen LogP contribution in [-0.4, -0.2) is 57.7 Å². The Morgan fingerprint density at radius 2 is 1.82 bits per heavy atom. The zero-order valence-electron chi connectivity index (χ0n) is 18.3. The van der Waals surface area contributed by atoms with E-state index in [1.807, 2.05) is 24.3 Å². The van der Waals surface area contributed by atoms with Crippen LogP contribution in [0.15, 0.2) is 48.5 Å². The lowest BCUT2D eigenvalue weighted by molar-refractivity contribution is -0.192. The number of carboxylic acids is 1. The van der Waals surface area contributed by atoms with Crippen molar-refractivity contribution in [3.05, 3.63) is 65.7 Å². The van der Waals surface area contributed by atoms with Crippen LogP contribution < -0.4 is 5.32 Å². The van der Waals surface area contributed by atoms with Crippen molar-refractivity contribution in [2.75, 3.05) is 13.6 Å². The molecule has 34 heavy (non-hydrogen) atoms. The molecule has 0 spiro atoms. The van der Waals surface area contributed by atoms with E-state index in [-0.39, 0.29) is 30.2 Å². The summed E-state index contributed by atoms with van der Waals surface area (Å²) in [4.78, 5) is 31.7. The van der Waals surface area contributed by atoms with E-state index < -0.39 is 12.1 Å². The van der Waals surface area contributed by atoms with Crippen LogP contribution >= 0.6 is 0 Å². The van der Waals surface area contributed by atoms with Crippen LogP contribution in [0.2, 0.25) is 0 Å². The molecule has 1 aromatic heterocycles. The van der Waals surface area contributed by atoms with Gasteiger partial charge in [0, 0.05) is 12.6 Å². The van der Waals surface area contributed by atoms with E-state index in [9.17, 15) is 22.4 Å². The van der Waals surface area contributed by atoms with E-state index in [0.29, 0.717) is 5.56 Å². The molecule has 3 aromatic rings. The fourth-order valence-electron chi connectivity index (χ4n) is 3.76. The van der Waals surface area contributed by atoms with Gasteiger partial charge in [0.2, 0.25) is 5.91 Å². The molecule has 2 heterocycles. The summed E-state index contributed by atoms with van der Waals surface area (Å²) in [5, 5.41) is 10.2. The average molecular weight is 480 g/mol. The molecule has 0 unspecified atom stereocenters. The second-order valence-electron chi connectivity index (χ2n) is 8.00. The van der Waals surface area contributed by atoms with Crippen LogP contribution in [-0.2, 0) is 16.0 Å². The highest BCUT2D eigenvalue weighted by Gasteiger charge is 2.38. The van der Waals surface area contributed by atoms with Crippen molar-refractivity contribution in [1.82, 2.24) is 20.2 Å². The molecule has 0 aliphatic carbocycles. The number of hydrogen-bond donors (Lipinski definition) is 3. The van der Waals surface area contributed by atoms with E-state index in [0.717, 1.165) is 36.2 Å². The van der Waals surface area contributed by atoms with Crippen molar-refractivity contribution in [3.63, 3.8) is 0 Å². The van der Waals surface area contributed by atoms with E-state index in [1.54, 1.807) is 18.2 Å². The molecule has 0 saturated carbocycles. The molecule has 1 amide bonds. The monoisotopic (exact) mass is 480 g/mol. The molecule has 1 saturated heterocycles. The number of carbonyl (C=O) groups excluding carboxylic acids is 1. The Kier molecular flexibility index (Phi) is 7.87. The lowest BCUT2D eigenvalue weighted by atomic mass is 9.96. The number of fused-ring (bicyclic) bond motifs is 1. The second-order valence-corrected chi connectivity index (χ2v) is 8.00. The maximum Gasteiger partial charge on any atom is 0.490 e. The van der Waals surface area contributed by atoms with E-state index in [1.165, 1.54) is 6.07 Å². The van der Waals surface area contributed by atoms with Gasteiger partial charge < -0.3 is 15.4 Å². The molecule has 4 rings (SSSR count). The standard InChI is InChI=1S/C21H23FN4O.C2HF3O2/c1-26-11-10-15(23-20(27)12-14-6-2-3-7-16(14)22)13-19(26)21-24-17-8-4-5-9-18(17)25-21;3-2(4,5)1(6)7/h2-9,15,19H,10-13H2,1H3,(H,23,27)(H,24,25);(H,6,7)/t15-,19-;/m1./s1. The molecule has 0 radical (unpaired) electrons. The van der Waals surface area contributed by atoms with Gasteiger partial charge in [-0.25, -0.2) is 14.2 Å². The number of nitrogens with zero attached hydrogens (tertiary/aromatic N) is 2. The lowest BCUT2D eigenvalue weighted by Crippen LogP contribution is -2.45. The van der Waals surface area contributed by atoms with Crippen molar-refractivity contribution >= 4 is 22.9 Å². The number of H-pyrrole nitrogens is 1. The molecule has 2 aromatic carbocycles. The van der Waals surface area contributed by atoms with Gasteiger partial charge in [0.15, 0.2) is 0 Å². The number of aliphatic carboxylic acids is 1. The molecule has 3 N–H and O–H groups in total. The maximum absolute atomic E-state index is 13.8. The number of aromatic amines is 1. The fraction of sp³-hybridized carbons (Fsp3) is 0.348. The summed E-state index contributed by atoms with van der Waals surface area (Å²) in [5.41, 5.74) is 2.40. The Morgan fingerprint density at radius 1 is 1.18 bits per heavy atom. The topological polar surface area (TPSA) is 98.3 Å². The zero-order chi connectivity index (χ0) is 24.9. The first-order valence-corrected chi connectivity index (χ1v) is 10.5. The summed E-state index contributed by atoms with van der Waals surface area (Å²) in [6.07, 6.45) is -3.37. The van der Waals surface area contributed by atoms with E-state index >= 15 is 0 Å². The molecule has 11 heteroatoms. The van der Waals surface area contributed by atoms with E-state index in [2.05, 4.69) is 22.2 Å². The highest BCUT2D eigenvalue weighted by molar-refractivity contribution is 5.79. The number of imidazole rings is 1. The smallest absolute Gasteiger partial charge is 0.475 e. The summed E-state index contributed by atoms with van der Waals surface area (Å²) in [6.45, 7) is 0.867. The number of amides is 1. The molecule has 0 bridgehead atoms. The largest absolute Gasteiger partial charge is 0.490 e. The number of nitrogens with one attached hydrogen (secondary N) is 2. The number of para-hydroxylation sites is 2. The van der Waals surface area contributed by atoms with Crippen LogP contribution in [0.5, 0.6) is 0 Å². The first-order valence-electron chi connectivity index (χ1n) is 10.5. The summed E-state index contributed by atoms with van der Waals surface area (Å²) >= 11 is 0. The highest BCUT2D eigenvalue weighted by Crippen LogP contribution is 2.29. The summed E-state index contributed by atoms with van der Waals surface area (Å²) in [6, 6.07) is 14.6. The minimum absolute atomic E-state index is 0.0543. The summed E-state index contributed by atoms with van der Waals surface area (Å²) < 4.78 is 45.5. The number of carboxylic acid groups (broad SMARTS) is 1. The molecular weight excluding hydrogens is 456 g/mol. The first kappa shape index (κ1) is 25.2. The van der Waals surface area contributed by atoms with Crippen LogP contribution in [0.3, 0.4) is 0 Å². The van der Waals surface area contributed by atoms with Gasteiger partial charge in [0.1, 0.15) is 11.6 Å². The summed E-state index contributed by atoms with van der Waals surface area (Å²) in [7, 11) is 2.08. The number of alkyl halides is 3. The Labute approximate surface area is 192 Å². The number of aromatic nitrogens is 2. The Morgan fingerprint density at radius 3 is 2.47 bits per heavy atom. The van der Waals surface area contributed by atoms with Crippen molar-refractivity contribution in [3.8, 4) is 0 Å². The lowest BCUT2D eigenvalue weighted by Gasteiger charge is -2.36. The number of benzene rings is 2. The Balaban J connectivity index is 0.000000406. The Hall–Kier alpha value is -3.47. The van der Waals surface area contributed by atoms with Gasteiger partial charge >= 0.3 is 12.1 Å². The van der Waals surface area contributed by atoms with Crippen LogP contribution in [0.4, 0.5) is 17.6 Å². The minimum atomic E-state index is -5.08. The predicted octanol–water partition coefficient (Wildman–Crippen LogP) is 3.83. The van der Waals surface area contributed by atoms with Crippen molar-refractivity contribution in [1.29, 1.82) is 0 Å². The SMILES string of the molecule is CN1CC[C@@H](NC(=O)Cc2ccccc2F)C[C@@H]1c1nc2ccccc2[nH]1.O=C(O)C(F)(F)F. The molecule has 7 nitrogen and oxygen atoms in total. The van der Waals surface area contributed by atoms with Gasteiger partial charge in [-0.05, 0) is 43.7 Å². The van der Waals surface area contributed by atoms with Crippen LogP contribution in [0.25, 0.3) is 11.0 Å². The minimum Gasteiger partial charge on any atom is -0.475 e. The Bertz CT molecular complexity index is 1120.